The van der Waals surface area contributed by atoms with Gasteiger partial charge in [0.05, 0.1) is 27.8 Å². The number of aromatic nitrogens is 3. The zero-order valence-electron chi connectivity index (χ0n) is 16.0. The van der Waals surface area contributed by atoms with E-state index in [9.17, 15) is 4.39 Å². The quantitative estimate of drug-likeness (QED) is 0.427. The average molecular weight is 448 g/mol. The van der Waals surface area contributed by atoms with Gasteiger partial charge in [-0.05, 0) is 44.1 Å². The molecule has 0 atom stereocenters. The lowest BCUT2D eigenvalue weighted by molar-refractivity contribution is 0.343. The van der Waals surface area contributed by atoms with Crippen molar-refractivity contribution in [2.24, 2.45) is 0 Å². The zero-order chi connectivity index (χ0) is 21.3. The van der Waals surface area contributed by atoms with Crippen LogP contribution in [0.25, 0.3) is 16.9 Å². The van der Waals surface area contributed by atoms with Crippen LogP contribution in [0.2, 0.25) is 10.0 Å². The van der Waals surface area contributed by atoms with E-state index in [1.54, 1.807) is 18.5 Å². The van der Waals surface area contributed by atoms with Gasteiger partial charge in [0.2, 0.25) is 0 Å². The fraction of sp³-hybridized carbons (Fsp3) is 0.238. The van der Waals surface area contributed by atoms with Gasteiger partial charge in [-0.15, -0.1) is 0 Å². The minimum atomic E-state index is -0.619. The maximum Gasteiger partial charge on any atom is 0.170 e. The molecule has 3 heterocycles. The van der Waals surface area contributed by atoms with E-state index in [-0.39, 0.29) is 32.9 Å². The van der Waals surface area contributed by atoms with Crippen LogP contribution in [0.1, 0.15) is 24.4 Å². The molecule has 2 aromatic heterocycles. The minimum Gasteiger partial charge on any atom is -0.453 e. The van der Waals surface area contributed by atoms with Gasteiger partial charge in [0.1, 0.15) is 11.6 Å². The lowest BCUT2D eigenvalue weighted by atomic mass is 10.1. The van der Waals surface area contributed by atoms with E-state index >= 15 is 0 Å². The average Bonchev–Trinajstić information content (AvgIpc) is 3.24. The second kappa shape index (κ2) is 8.63. The second-order valence-electron chi connectivity index (χ2n) is 7.04. The van der Waals surface area contributed by atoms with E-state index in [0.717, 1.165) is 37.1 Å². The van der Waals surface area contributed by atoms with Gasteiger partial charge in [-0.25, -0.2) is 9.37 Å². The van der Waals surface area contributed by atoms with Crippen LogP contribution in [0.5, 0.6) is 5.75 Å². The van der Waals surface area contributed by atoms with Crippen LogP contribution in [0.3, 0.4) is 0 Å². The molecular weight excluding hydrogens is 428 g/mol. The Kier molecular flexibility index (Phi) is 5.94. The summed E-state index contributed by atoms with van der Waals surface area (Å²) in [6.07, 6.45) is 7.49. The van der Waals surface area contributed by atoms with Crippen LogP contribution in [-0.4, -0.2) is 27.9 Å². The van der Waals surface area contributed by atoms with Crippen molar-refractivity contribution in [3.63, 3.8) is 0 Å². The van der Waals surface area contributed by atoms with Gasteiger partial charge in [0.15, 0.2) is 11.6 Å². The fourth-order valence-electron chi connectivity index (χ4n) is 3.42. The highest BCUT2D eigenvalue weighted by atomic mass is 35.5. The Labute approximate surface area is 183 Å². The number of piperidine rings is 1. The smallest absolute Gasteiger partial charge is 0.170 e. The Balaban J connectivity index is 1.59. The van der Waals surface area contributed by atoms with Crippen LogP contribution < -0.4 is 15.8 Å². The summed E-state index contributed by atoms with van der Waals surface area (Å²) in [7, 11) is 0. The number of pyridine rings is 1. The molecule has 1 aliphatic rings. The standard InChI is InChI=1S/C21H20Cl2FN5O/c1-12(19-16(22)2-3-17(24)20(19)23)30-18-8-13(9-27-21(18)25)14-10-28-29(11-14)15-4-6-26-7-5-15/h2-3,8-11,15,26H,1,4-7H2,(H2,25,27). The molecule has 0 aliphatic carbocycles. The number of nitrogens with two attached hydrogens (primary N) is 1. The maximum atomic E-state index is 13.8. The zero-order valence-corrected chi connectivity index (χ0v) is 17.5. The van der Waals surface area contributed by atoms with Gasteiger partial charge >= 0.3 is 0 Å². The normalized spacial score (nSPS) is 14.6. The van der Waals surface area contributed by atoms with E-state index in [1.807, 2.05) is 10.9 Å². The van der Waals surface area contributed by atoms with Gasteiger partial charge in [0.25, 0.3) is 0 Å². The first-order valence-corrected chi connectivity index (χ1v) is 10.2. The molecule has 156 valence electrons. The molecule has 3 aromatic rings. The monoisotopic (exact) mass is 447 g/mol. The summed E-state index contributed by atoms with van der Waals surface area (Å²) in [5, 5.41) is 7.90. The van der Waals surface area contributed by atoms with Gasteiger partial charge in [-0.2, -0.15) is 5.10 Å². The van der Waals surface area contributed by atoms with Crippen molar-refractivity contribution in [2.75, 3.05) is 18.8 Å². The third-order valence-corrected chi connectivity index (χ3v) is 5.74. The summed E-state index contributed by atoms with van der Waals surface area (Å²) in [4.78, 5) is 4.21. The number of nitrogen functional groups attached to an aromatic ring is 1. The fourth-order valence-corrected chi connectivity index (χ4v) is 4.00. The Bertz CT molecular complexity index is 1090. The number of halogens is 3. The van der Waals surface area contributed by atoms with E-state index < -0.39 is 5.82 Å². The number of ether oxygens (including phenoxy) is 1. The predicted octanol–water partition coefficient (Wildman–Crippen LogP) is 4.95. The first kappa shape index (κ1) is 20.7. The molecule has 9 heteroatoms. The Morgan fingerprint density at radius 2 is 2.00 bits per heavy atom. The Morgan fingerprint density at radius 3 is 2.77 bits per heavy atom. The summed E-state index contributed by atoms with van der Waals surface area (Å²) in [6.45, 7) is 5.79. The van der Waals surface area contributed by atoms with Crippen molar-refractivity contribution in [1.82, 2.24) is 20.1 Å². The molecule has 0 amide bonds. The third kappa shape index (κ3) is 4.14. The van der Waals surface area contributed by atoms with E-state index in [1.165, 1.54) is 12.1 Å². The summed E-state index contributed by atoms with van der Waals surface area (Å²) >= 11 is 12.2. The third-order valence-electron chi connectivity index (χ3n) is 5.06. The molecule has 4 rings (SSSR count). The van der Waals surface area contributed by atoms with Crippen molar-refractivity contribution >= 4 is 34.8 Å². The molecule has 0 saturated carbocycles. The Morgan fingerprint density at radius 1 is 1.23 bits per heavy atom. The van der Waals surface area contributed by atoms with Gasteiger partial charge in [-0.1, -0.05) is 29.8 Å². The van der Waals surface area contributed by atoms with Gasteiger partial charge in [0, 0.05) is 23.5 Å². The molecule has 1 saturated heterocycles. The summed E-state index contributed by atoms with van der Waals surface area (Å²) in [5.41, 5.74) is 7.81. The molecular formula is C21H20Cl2FN5O. The number of hydrogen-bond acceptors (Lipinski definition) is 5. The van der Waals surface area contributed by atoms with Crippen LogP contribution in [0.15, 0.2) is 43.4 Å². The number of benzene rings is 1. The number of rotatable bonds is 5. The summed E-state index contributed by atoms with van der Waals surface area (Å²) in [6, 6.07) is 4.67. The summed E-state index contributed by atoms with van der Waals surface area (Å²) < 4.78 is 21.6. The van der Waals surface area contributed by atoms with Crippen LogP contribution in [0, 0.1) is 5.82 Å². The van der Waals surface area contributed by atoms with Crippen LogP contribution in [-0.2, 0) is 0 Å². The van der Waals surface area contributed by atoms with Gasteiger partial charge in [-0.3, -0.25) is 4.68 Å². The van der Waals surface area contributed by atoms with Crippen molar-refractivity contribution in [3.05, 3.63) is 64.8 Å². The predicted molar refractivity (Wildman–Crippen MR) is 117 cm³/mol. The number of nitrogens with one attached hydrogen (secondary N) is 1. The molecule has 1 aromatic carbocycles. The van der Waals surface area contributed by atoms with E-state index in [2.05, 4.69) is 22.0 Å². The first-order chi connectivity index (χ1) is 14.4. The molecule has 30 heavy (non-hydrogen) atoms. The maximum absolute atomic E-state index is 13.8. The topological polar surface area (TPSA) is 78.0 Å². The van der Waals surface area contributed by atoms with Crippen molar-refractivity contribution in [3.8, 4) is 16.9 Å². The highest BCUT2D eigenvalue weighted by molar-refractivity contribution is 6.37. The molecule has 3 N–H and O–H groups in total. The van der Waals surface area contributed by atoms with Crippen LogP contribution in [0.4, 0.5) is 10.2 Å². The van der Waals surface area contributed by atoms with Gasteiger partial charge < -0.3 is 15.8 Å². The molecule has 0 spiro atoms. The van der Waals surface area contributed by atoms with E-state index in [0.29, 0.717) is 6.04 Å². The molecule has 1 aliphatic heterocycles. The largest absolute Gasteiger partial charge is 0.453 e. The molecule has 0 radical (unpaired) electrons. The summed E-state index contributed by atoms with van der Waals surface area (Å²) in [5.74, 6) is -0.121. The van der Waals surface area contributed by atoms with Crippen molar-refractivity contribution < 1.29 is 9.13 Å². The molecule has 1 fully saturated rings. The first-order valence-electron chi connectivity index (χ1n) is 9.45. The number of hydrogen-bond donors (Lipinski definition) is 2. The minimum absolute atomic E-state index is 0.0700. The highest BCUT2D eigenvalue weighted by Crippen LogP contribution is 2.36. The lowest BCUT2D eigenvalue weighted by Gasteiger charge is -2.22. The molecule has 0 bridgehead atoms. The van der Waals surface area contributed by atoms with Crippen molar-refractivity contribution in [2.45, 2.75) is 18.9 Å². The Hall–Kier alpha value is -2.61. The highest BCUT2D eigenvalue weighted by Gasteiger charge is 2.19. The van der Waals surface area contributed by atoms with Crippen LogP contribution >= 0.6 is 23.2 Å². The molecule has 0 unspecified atom stereocenters. The lowest BCUT2D eigenvalue weighted by Crippen LogP contribution is -2.29. The second-order valence-corrected chi connectivity index (χ2v) is 7.83. The van der Waals surface area contributed by atoms with E-state index in [4.69, 9.17) is 33.7 Å². The number of anilines is 1. The SMILES string of the molecule is C=C(Oc1cc(-c2cnn(C3CCNCC3)c2)cnc1N)c1c(Cl)ccc(F)c1Cl. The number of nitrogens with zero attached hydrogens (tertiary/aromatic N) is 3. The molecule has 6 nitrogen and oxygen atoms in total. The van der Waals surface area contributed by atoms with Crippen molar-refractivity contribution in [1.29, 1.82) is 0 Å².